The van der Waals surface area contributed by atoms with E-state index in [1.54, 1.807) is 0 Å². The van der Waals surface area contributed by atoms with Gasteiger partial charge < -0.3 is 10.1 Å². The van der Waals surface area contributed by atoms with Gasteiger partial charge in [0.25, 0.3) is 11.6 Å². The van der Waals surface area contributed by atoms with Crippen LogP contribution < -0.4 is 10.7 Å². The van der Waals surface area contributed by atoms with Crippen molar-refractivity contribution < 1.29 is 19.2 Å². The van der Waals surface area contributed by atoms with E-state index in [1.807, 2.05) is 6.92 Å². The molecule has 0 aromatic heterocycles. The minimum absolute atomic E-state index is 0.0902. The number of nitro groups is 1. The number of hydrogen-bond donors (Lipinski definition) is 2. The van der Waals surface area contributed by atoms with Crippen LogP contribution in [0.5, 0.6) is 0 Å². The second-order valence-electron chi connectivity index (χ2n) is 7.13. The lowest BCUT2D eigenvalue weighted by molar-refractivity contribution is -0.384. The molecule has 1 heterocycles. The van der Waals surface area contributed by atoms with Crippen molar-refractivity contribution in [1.29, 1.82) is 0 Å². The van der Waals surface area contributed by atoms with E-state index < -0.39 is 10.8 Å². The molecule has 2 N–H and O–H groups in total. The van der Waals surface area contributed by atoms with Gasteiger partial charge in [0.05, 0.1) is 16.9 Å². The molecule has 2 amide bonds. The molecule has 0 spiro atoms. The first-order chi connectivity index (χ1) is 13.5. The smallest absolute Gasteiger partial charge is 0.271 e. The molecule has 9 nitrogen and oxygen atoms in total. The van der Waals surface area contributed by atoms with Crippen LogP contribution >= 0.6 is 0 Å². The Labute approximate surface area is 162 Å². The molecule has 2 fully saturated rings. The largest absolute Gasteiger partial charge is 0.378 e. The van der Waals surface area contributed by atoms with Crippen LogP contribution in [0.25, 0.3) is 0 Å². The highest BCUT2D eigenvalue weighted by atomic mass is 16.6. The van der Waals surface area contributed by atoms with Crippen molar-refractivity contribution >= 4 is 23.7 Å². The third kappa shape index (κ3) is 4.72. The molecule has 1 aliphatic carbocycles. The van der Waals surface area contributed by atoms with Gasteiger partial charge in [-0.05, 0) is 50.7 Å². The van der Waals surface area contributed by atoms with Crippen LogP contribution in [-0.4, -0.2) is 41.7 Å². The number of nitrogens with one attached hydrogen (secondary N) is 2. The Kier molecular flexibility index (Phi) is 6.35. The van der Waals surface area contributed by atoms with Gasteiger partial charge in [-0.3, -0.25) is 19.7 Å². The van der Waals surface area contributed by atoms with E-state index in [9.17, 15) is 19.7 Å². The van der Waals surface area contributed by atoms with Crippen LogP contribution in [-0.2, 0) is 9.53 Å². The normalized spacial score (nSPS) is 27.1. The molecule has 2 aliphatic rings. The number of fused-ring (bicyclic) bond motifs is 1. The highest BCUT2D eigenvalue weighted by Crippen LogP contribution is 2.34. The van der Waals surface area contributed by atoms with Gasteiger partial charge in [-0.1, -0.05) is 0 Å². The lowest BCUT2D eigenvalue weighted by Crippen LogP contribution is -2.53. The summed E-state index contributed by atoms with van der Waals surface area (Å²) >= 11 is 0. The van der Waals surface area contributed by atoms with E-state index in [0.29, 0.717) is 18.9 Å². The molecule has 0 radical (unpaired) electrons. The maximum absolute atomic E-state index is 12.3. The average Bonchev–Trinajstić information content (AvgIpc) is 2.68. The number of ether oxygens (including phenoxy) is 1. The van der Waals surface area contributed by atoms with E-state index in [1.165, 1.54) is 30.5 Å². The Balaban J connectivity index is 1.52. The Morgan fingerprint density at radius 2 is 2.11 bits per heavy atom. The monoisotopic (exact) mass is 388 g/mol. The molecule has 1 aliphatic heterocycles. The fourth-order valence-corrected chi connectivity index (χ4v) is 3.88. The minimum Gasteiger partial charge on any atom is -0.378 e. The molecule has 0 bridgehead atoms. The number of carbonyl (C=O) groups is 2. The molecule has 3 rings (SSSR count). The molecule has 9 heteroatoms. The highest BCUT2D eigenvalue weighted by Gasteiger charge is 2.39. The van der Waals surface area contributed by atoms with Crippen molar-refractivity contribution in [2.45, 2.75) is 44.8 Å². The zero-order chi connectivity index (χ0) is 20.1. The Hall–Kier alpha value is -2.81. The summed E-state index contributed by atoms with van der Waals surface area (Å²) in [6.45, 7) is 2.66. The molecule has 1 aromatic rings. The lowest BCUT2D eigenvalue weighted by Gasteiger charge is -2.41. The standard InChI is InChI=1S/C19H24N4O5/c1-2-28-16-8-5-13-9-14(18(24)21-17(13)10-16)11-20-22-19(25)12-3-6-15(7-4-12)23(26)27/h3-4,6-7,11,13-14,16-17H,2,5,8-10H2,1H3,(H,21,24)(H,22,25)/b20-11+. The maximum atomic E-state index is 12.3. The SMILES string of the molecule is CCOC1CCC2CC(/C=N/NC(=O)c3ccc([N+](=O)[O-])cc3)C(=O)NC2C1. The molecule has 4 atom stereocenters. The van der Waals surface area contributed by atoms with Crippen molar-refractivity contribution in [1.82, 2.24) is 10.7 Å². The molecule has 1 aromatic carbocycles. The summed E-state index contributed by atoms with van der Waals surface area (Å²) in [5.74, 6) is -0.581. The summed E-state index contributed by atoms with van der Waals surface area (Å²) in [4.78, 5) is 34.5. The highest BCUT2D eigenvalue weighted by molar-refractivity contribution is 5.97. The molecule has 1 saturated carbocycles. The third-order valence-corrected chi connectivity index (χ3v) is 5.33. The van der Waals surface area contributed by atoms with Gasteiger partial charge in [0.1, 0.15) is 0 Å². The zero-order valence-electron chi connectivity index (χ0n) is 15.7. The van der Waals surface area contributed by atoms with Crippen molar-refractivity contribution in [3.8, 4) is 0 Å². The van der Waals surface area contributed by atoms with Crippen LogP contribution in [0.4, 0.5) is 5.69 Å². The van der Waals surface area contributed by atoms with Gasteiger partial charge >= 0.3 is 0 Å². The van der Waals surface area contributed by atoms with Crippen LogP contribution in [0.15, 0.2) is 29.4 Å². The predicted octanol–water partition coefficient (Wildman–Crippen LogP) is 2.02. The number of nitrogens with zero attached hydrogens (tertiary/aromatic N) is 2. The number of piperidine rings is 1. The van der Waals surface area contributed by atoms with E-state index in [2.05, 4.69) is 15.8 Å². The number of hydrogen-bond acceptors (Lipinski definition) is 6. The van der Waals surface area contributed by atoms with Crippen molar-refractivity contribution in [2.24, 2.45) is 16.9 Å². The first kappa shape index (κ1) is 19.9. The molecule has 1 saturated heterocycles. The third-order valence-electron chi connectivity index (χ3n) is 5.33. The summed E-state index contributed by atoms with van der Waals surface area (Å²) in [6.07, 6.45) is 5.19. The fourth-order valence-electron chi connectivity index (χ4n) is 3.88. The van der Waals surface area contributed by atoms with Gasteiger partial charge in [0, 0.05) is 36.6 Å². The Morgan fingerprint density at radius 1 is 1.36 bits per heavy atom. The van der Waals surface area contributed by atoms with E-state index in [4.69, 9.17) is 4.74 Å². The predicted molar refractivity (Wildman–Crippen MR) is 102 cm³/mol. The first-order valence-electron chi connectivity index (χ1n) is 9.48. The molecule has 28 heavy (non-hydrogen) atoms. The lowest BCUT2D eigenvalue weighted by atomic mass is 9.75. The number of carbonyl (C=O) groups excluding carboxylic acids is 2. The van der Waals surface area contributed by atoms with Crippen LogP contribution in [0.3, 0.4) is 0 Å². The number of rotatable bonds is 6. The number of non-ortho nitro benzene ring substituents is 1. The van der Waals surface area contributed by atoms with Crippen molar-refractivity contribution in [3.05, 3.63) is 39.9 Å². The average molecular weight is 388 g/mol. The molecular formula is C19H24N4O5. The Morgan fingerprint density at radius 3 is 2.79 bits per heavy atom. The van der Waals surface area contributed by atoms with Gasteiger partial charge in [-0.2, -0.15) is 5.10 Å². The van der Waals surface area contributed by atoms with Crippen molar-refractivity contribution in [2.75, 3.05) is 6.61 Å². The summed E-state index contributed by atoms with van der Waals surface area (Å²) in [7, 11) is 0. The van der Waals surface area contributed by atoms with Crippen LogP contribution in [0, 0.1) is 22.0 Å². The number of hydrazone groups is 1. The quantitative estimate of drug-likeness (QED) is 0.438. The summed E-state index contributed by atoms with van der Waals surface area (Å²) in [5, 5.41) is 17.6. The van der Waals surface area contributed by atoms with Gasteiger partial charge in [0.2, 0.25) is 5.91 Å². The topological polar surface area (TPSA) is 123 Å². The van der Waals surface area contributed by atoms with E-state index in [0.717, 1.165) is 19.3 Å². The number of nitro benzene ring substituents is 1. The summed E-state index contributed by atoms with van der Waals surface area (Å²) in [6, 6.07) is 5.37. The maximum Gasteiger partial charge on any atom is 0.271 e. The number of benzene rings is 1. The first-order valence-corrected chi connectivity index (χ1v) is 9.48. The van der Waals surface area contributed by atoms with Gasteiger partial charge in [-0.15, -0.1) is 0 Å². The van der Waals surface area contributed by atoms with Gasteiger partial charge in [0.15, 0.2) is 0 Å². The van der Waals surface area contributed by atoms with Crippen LogP contribution in [0.1, 0.15) is 43.0 Å². The molecule has 150 valence electrons. The van der Waals surface area contributed by atoms with Crippen molar-refractivity contribution in [3.63, 3.8) is 0 Å². The van der Waals surface area contributed by atoms with E-state index >= 15 is 0 Å². The Bertz CT molecular complexity index is 764. The van der Waals surface area contributed by atoms with Crippen LogP contribution in [0.2, 0.25) is 0 Å². The summed E-state index contributed by atoms with van der Waals surface area (Å²) in [5.41, 5.74) is 2.54. The second-order valence-corrected chi connectivity index (χ2v) is 7.13. The molecule has 4 unspecified atom stereocenters. The number of amides is 2. The van der Waals surface area contributed by atoms with E-state index in [-0.39, 0.29) is 35.2 Å². The summed E-state index contributed by atoms with van der Waals surface area (Å²) < 4.78 is 5.69. The minimum atomic E-state index is -0.531. The van der Waals surface area contributed by atoms with Gasteiger partial charge in [-0.25, -0.2) is 5.43 Å². The molecular weight excluding hydrogens is 364 g/mol. The second kappa shape index (κ2) is 8.92. The fraction of sp³-hybridized carbons (Fsp3) is 0.526. The zero-order valence-corrected chi connectivity index (χ0v) is 15.7.